The zero-order valence-electron chi connectivity index (χ0n) is 12.0. The van der Waals surface area contributed by atoms with Gasteiger partial charge in [-0.05, 0) is 44.5 Å². The van der Waals surface area contributed by atoms with E-state index in [9.17, 15) is 4.39 Å². The highest BCUT2D eigenvalue weighted by Gasteiger charge is 2.13. The van der Waals surface area contributed by atoms with Crippen LogP contribution in [0.15, 0.2) is 30.3 Å². The van der Waals surface area contributed by atoms with Crippen molar-refractivity contribution in [3.8, 4) is 11.4 Å². The summed E-state index contributed by atoms with van der Waals surface area (Å²) in [6.45, 7) is 5.71. The summed E-state index contributed by atoms with van der Waals surface area (Å²) in [5.41, 5.74) is 4.15. The van der Waals surface area contributed by atoms with Crippen LogP contribution < -0.4 is 0 Å². The molecule has 21 heavy (non-hydrogen) atoms. The molecule has 0 N–H and O–H groups in total. The fourth-order valence-corrected chi connectivity index (χ4v) is 2.60. The van der Waals surface area contributed by atoms with Gasteiger partial charge in [0.05, 0.1) is 5.52 Å². The highest BCUT2D eigenvalue weighted by Crippen LogP contribution is 2.29. The summed E-state index contributed by atoms with van der Waals surface area (Å²) in [6, 6.07) is 9.08. The zero-order chi connectivity index (χ0) is 15.1. The van der Waals surface area contributed by atoms with Crippen molar-refractivity contribution in [1.82, 2.24) is 9.97 Å². The number of aromatic nitrogens is 2. The molecule has 0 aliphatic carbocycles. The monoisotopic (exact) mass is 300 g/mol. The number of aryl methyl sites for hydroxylation is 3. The summed E-state index contributed by atoms with van der Waals surface area (Å²) in [6.07, 6.45) is 0. The summed E-state index contributed by atoms with van der Waals surface area (Å²) < 4.78 is 13.8. The van der Waals surface area contributed by atoms with Gasteiger partial charge in [-0.3, -0.25) is 0 Å². The second kappa shape index (κ2) is 5.08. The van der Waals surface area contributed by atoms with Crippen molar-refractivity contribution in [2.24, 2.45) is 0 Å². The van der Waals surface area contributed by atoms with Crippen LogP contribution in [0.3, 0.4) is 0 Å². The van der Waals surface area contributed by atoms with Crippen LogP contribution in [0.4, 0.5) is 4.39 Å². The summed E-state index contributed by atoms with van der Waals surface area (Å²) in [7, 11) is 0. The van der Waals surface area contributed by atoms with Crippen molar-refractivity contribution in [2.45, 2.75) is 20.8 Å². The third kappa shape index (κ3) is 2.38. The molecule has 0 saturated carbocycles. The second-order valence-corrected chi connectivity index (χ2v) is 5.58. The molecule has 2 aromatic carbocycles. The average molecular weight is 301 g/mol. The molecule has 0 aliphatic heterocycles. The largest absolute Gasteiger partial charge is 0.227 e. The number of benzene rings is 2. The predicted molar refractivity (Wildman–Crippen MR) is 84.2 cm³/mol. The van der Waals surface area contributed by atoms with Gasteiger partial charge in [0.1, 0.15) is 11.0 Å². The normalized spacial score (nSPS) is 11.1. The lowest BCUT2D eigenvalue weighted by Crippen LogP contribution is -1.97. The summed E-state index contributed by atoms with van der Waals surface area (Å²) in [5.74, 6) is 0.242. The first-order valence-corrected chi connectivity index (χ1v) is 7.05. The fourth-order valence-electron chi connectivity index (χ4n) is 2.37. The molecular weight excluding hydrogens is 287 g/mol. The van der Waals surface area contributed by atoms with E-state index in [1.807, 2.05) is 32.0 Å². The maximum atomic E-state index is 13.8. The summed E-state index contributed by atoms with van der Waals surface area (Å²) >= 11 is 6.25. The lowest BCUT2D eigenvalue weighted by Gasteiger charge is -2.10. The van der Waals surface area contributed by atoms with Crippen LogP contribution in [-0.2, 0) is 0 Å². The summed E-state index contributed by atoms with van der Waals surface area (Å²) in [4.78, 5) is 8.91. The second-order valence-electron chi connectivity index (χ2n) is 5.22. The van der Waals surface area contributed by atoms with Gasteiger partial charge in [-0.25, -0.2) is 14.4 Å². The SMILES string of the molecule is Cc1ccc(C)c(-c2nc(Cl)c3ccc(F)c(C)c3n2)c1. The molecule has 3 rings (SSSR count). The van der Waals surface area contributed by atoms with E-state index in [1.54, 1.807) is 13.0 Å². The Morgan fingerprint density at radius 3 is 2.52 bits per heavy atom. The molecule has 1 aromatic heterocycles. The van der Waals surface area contributed by atoms with Crippen molar-refractivity contribution in [3.63, 3.8) is 0 Å². The highest BCUT2D eigenvalue weighted by molar-refractivity contribution is 6.34. The minimum Gasteiger partial charge on any atom is -0.227 e. The van der Waals surface area contributed by atoms with E-state index in [2.05, 4.69) is 9.97 Å². The molecule has 0 spiro atoms. The third-order valence-electron chi connectivity index (χ3n) is 3.64. The molecule has 0 fully saturated rings. The van der Waals surface area contributed by atoms with E-state index in [4.69, 9.17) is 11.6 Å². The number of rotatable bonds is 1. The molecule has 3 aromatic rings. The Morgan fingerprint density at radius 2 is 1.76 bits per heavy atom. The topological polar surface area (TPSA) is 25.8 Å². The number of hydrogen-bond acceptors (Lipinski definition) is 2. The van der Waals surface area contributed by atoms with Gasteiger partial charge in [-0.2, -0.15) is 0 Å². The average Bonchev–Trinajstić information content (AvgIpc) is 2.45. The first-order valence-electron chi connectivity index (χ1n) is 6.67. The maximum Gasteiger partial charge on any atom is 0.161 e. The van der Waals surface area contributed by atoms with Gasteiger partial charge in [-0.1, -0.05) is 29.3 Å². The van der Waals surface area contributed by atoms with E-state index >= 15 is 0 Å². The Bertz CT molecular complexity index is 859. The lowest BCUT2D eigenvalue weighted by atomic mass is 10.0. The van der Waals surface area contributed by atoms with Gasteiger partial charge >= 0.3 is 0 Å². The third-order valence-corrected chi connectivity index (χ3v) is 3.93. The molecular formula is C17H14ClFN2. The van der Waals surface area contributed by atoms with Crippen molar-refractivity contribution in [1.29, 1.82) is 0 Å². The predicted octanol–water partition coefficient (Wildman–Crippen LogP) is 5.01. The van der Waals surface area contributed by atoms with Gasteiger partial charge in [0.2, 0.25) is 0 Å². The first-order chi connectivity index (χ1) is 9.97. The molecule has 0 bridgehead atoms. The number of nitrogens with zero attached hydrogens (tertiary/aromatic N) is 2. The number of halogens is 2. The van der Waals surface area contributed by atoms with Gasteiger partial charge in [0, 0.05) is 16.5 Å². The Morgan fingerprint density at radius 1 is 1.00 bits per heavy atom. The van der Waals surface area contributed by atoms with Crippen molar-refractivity contribution >= 4 is 22.5 Å². The standard InChI is InChI=1S/C17H14ClFN2/c1-9-4-5-10(2)13(8-9)17-20-15-11(3)14(19)7-6-12(15)16(18)21-17/h4-8H,1-3H3. The Labute approximate surface area is 127 Å². The molecule has 0 amide bonds. The Kier molecular flexibility index (Phi) is 3.38. The lowest BCUT2D eigenvalue weighted by molar-refractivity contribution is 0.620. The van der Waals surface area contributed by atoms with Crippen LogP contribution in [0.1, 0.15) is 16.7 Å². The molecule has 2 nitrogen and oxygen atoms in total. The first kappa shape index (κ1) is 14.0. The number of fused-ring (bicyclic) bond motifs is 1. The highest BCUT2D eigenvalue weighted by atomic mass is 35.5. The van der Waals surface area contributed by atoms with Crippen molar-refractivity contribution in [3.05, 3.63) is 58.0 Å². The van der Waals surface area contributed by atoms with Crippen molar-refractivity contribution < 1.29 is 4.39 Å². The van der Waals surface area contributed by atoms with Crippen LogP contribution in [0, 0.1) is 26.6 Å². The quantitative estimate of drug-likeness (QED) is 0.590. The van der Waals surface area contributed by atoms with Crippen LogP contribution in [0.25, 0.3) is 22.3 Å². The van der Waals surface area contributed by atoms with Crippen LogP contribution in [0.2, 0.25) is 5.15 Å². The van der Waals surface area contributed by atoms with E-state index in [1.165, 1.54) is 6.07 Å². The van der Waals surface area contributed by atoms with Crippen LogP contribution in [-0.4, -0.2) is 9.97 Å². The Hall–Kier alpha value is -2.00. The molecule has 0 radical (unpaired) electrons. The molecule has 4 heteroatoms. The van der Waals surface area contributed by atoms with E-state index in [0.29, 0.717) is 27.4 Å². The van der Waals surface area contributed by atoms with Gasteiger partial charge in [0.15, 0.2) is 5.82 Å². The smallest absolute Gasteiger partial charge is 0.161 e. The minimum absolute atomic E-state index is 0.288. The van der Waals surface area contributed by atoms with E-state index < -0.39 is 0 Å². The van der Waals surface area contributed by atoms with Crippen molar-refractivity contribution in [2.75, 3.05) is 0 Å². The molecule has 106 valence electrons. The molecule has 0 saturated heterocycles. The molecule has 0 atom stereocenters. The maximum absolute atomic E-state index is 13.8. The molecule has 0 aliphatic rings. The van der Waals surface area contributed by atoms with Crippen LogP contribution in [0.5, 0.6) is 0 Å². The van der Waals surface area contributed by atoms with E-state index in [0.717, 1.165) is 16.7 Å². The Balaban J connectivity index is 2.34. The van der Waals surface area contributed by atoms with Gasteiger partial charge < -0.3 is 0 Å². The zero-order valence-corrected chi connectivity index (χ0v) is 12.8. The van der Waals surface area contributed by atoms with E-state index in [-0.39, 0.29) is 5.82 Å². The minimum atomic E-state index is -0.288. The molecule has 1 heterocycles. The summed E-state index contributed by atoms with van der Waals surface area (Å²) in [5, 5.41) is 1.02. The molecule has 0 unspecified atom stereocenters. The fraction of sp³-hybridized carbons (Fsp3) is 0.176. The van der Waals surface area contributed by atoms with Gasteiger partial charge in [-0.15, -0.1) is 0 Å². The number of hydrogen-bond donors (Lipinski definition) is 0. The van der Waals surface area contributed by atoms with Crippen LogP contribution >= 0.6 is 11.6 Å². The van der Waals surface area contributed by atoms with Gasteiger partial charge in [0.25, 0.3) is 0 Å².